The van der Waals surface area contributed by atoms with Gasteiger partial charge in [-0.15, -0.1) is 24.0 Å². The molecule has 126 valence electrons. The molecule has 0 heterocycles. The average molecular weight is 419 g/mol. The van der Waals surface area contributed by atoms with E-state index in [0.717, 1.165) is 30.4 Å². The number of aromatic hydroxyl groups is 1. The fraction of sp³-hybridized carbons (Fsp3) is 0.588. The first-order valence-corrected chi connectivity index (χ1v) is 7.84. The van der Waals surface area contributed by atoms with E-state index >= 15 is 0 Å². The maximum atomic E-state index is 9.28. The predicted molar refractivity (Wildman–Crippen MR) is 105 cm³/mol. The van der Waals surface area contributed by atoms with Crippen molar-refractivity contribution in [1.29, 1.82) is 0 Å². The Morgan fingerprint density at radius 1 is 1.14 bits per heavy atom. The van der Waals surface area contributed by atoms with Gasteiger partial charge in [-0.1, -0.05) is 26.0 Å². The monoisotopic (exact) mass is 419 g/mol. The molecule has 0 saturated carbocycles. The normalized spacial score (nSPS) is 12.7. The highest BCUT2D eigenvalue weighted by Gasteiger charge is 2.06. The Morgan fingerprint density at radius 2 is 1.77 bits per heavy atom. The molecule has 0 bridgehead atoms. The van der Waals surface area contributed by atoms with Gasteiger partial charge in [0.1, 0.15) is 5.75 Å². The van der Waals surface area contributed by atoms with Crippen molar-refractivity contribution in [1.82, 2.24) is 10.6 Å². The summed E-state index contributed by atoms with van der Waals surface area (Å²) in [4.78, 5) is 4.59. The molecule has 0 amide bonds. The van der Waals surface area contributed by atoms with E-state index in [4.69, 9.17) is 0 Å². The van der Waals surface area contributed by atoms with Gasteiger partial charge in [0.15, 0.2) is 5.96 Å². The number of aliphatic imine (C=N–C) groups is 1. The van der Waals surface area contributed by atoms with Gasteiger partial charge in [0.05, 0.1) is 6.54 Å². The van der Waals surface area contributed by atoms with E-state index in [9.17, 15) is 5.11 Å². The van der Waals surface area contributed by atoms with Crippen LogP contribution in [0.2, 0.25) is 0 Å². The molecular formula is C17H30IN3O. The number of hydrogen-bond donors (Lipinski definition) is 3. The van der Waals surface area contributed by atoms with Crippen LogP contribution in [0, 0.1) is 5.92 Å². The quantitative estimate of drug-likeness (QED) is 0.357. The first-order chi connectivity index (χ1) is 10.0. The second kappa shape index (κ2) is 11.6. The Balaban J connectivity index is 0.00000441. The molecule has 0 radical (unpaired) electrons. The molecule has 1 unspecified atom stereocenters. The molecule has 5 heteroatoms. The van der Waals surface area contributed by atoms with Crippen molar-refractivity contribution in [3.8, 4) is 5.75 Å². The van der Waals surface area contributed by atoms with Crippen molar-refractivity contribution in [3.05, 3.63) is 29.8 Å². The molecule has 0 aliphatic rings. The van der Waals surface area contributed by atoms with Crippen molar-refractivity contribution in [3.63, 3.8) is 0 Å². The molecule has 1 aromatic carbocycles. The number of nitrogens with one attached hydrogen (secondary N) is 2. The number of phenolic OH excluding ortho intramolecular Hbond substituents is 1. The number of nitrogens with zero attached hydrogens (tertiary/aromatic N) is 1. The van der Waals surface area contributed by atoms with Crippen LogP contribution in [0.25, 0.3) is 0 Å². The van der Waals surface area contributed by atoms with Crippen molar-refractivity contribution >= 4 is 29.9 Å². The highest BCUT2D eigenvalue weighted by atomic mass is 127. The topological polar surface area (TPSA) is 56.7 Å². The summed E-state index contributed by atoms with van der Waals surface area (Å²) in [7, 11) is 0. The molecule has 1 aromatic rings. The molecule has 3 N–H and O–H groups in total. The summed E-state index contributed by atoms with van der Waals surface area (Å²) in [5.41, 5.74) is 1.08. The minimum atomic E-state index is 0. The summed E-state index contributed by atoms with van der Waals surface area (Å²) in [5, 5.41) is 16.0. The molecule has 0 aromatic heterocycles. The van der Waals surface area contributed by atoms with Gasteiger partial charge in [-0.05, 0) is 50.3 Å². The van der Waals surface area contributed by atoms with Gasteiger partial charge in [0.2, 0.25) is 0 Å². The van der Waals surface area contributed by atoms with Crippen LogP contribution >= 0.6 is 24.0 Å². The van der Waals surface area contributed by atoms with Crippen LogP contribution in [0.3, 0.4) is 0 Å². The maximum absolute atomic E-state index is 9.28. The molecule has 22 heavy (non-hydrogen) atoms. The molecule has 1 rings (SSSR count). The van der Waals surface area contributed by atoms with E-state index in [-0.39, 0.29) is 29.7 Å². The van der Waals surface area contributed by atoms with Crippen LogP contribution in [0.1, 0.15) is 46.1 Å². The second-order valence-electron chi connectivity index (χ2n) is 5.88. The number of halogens is 1. The molecular weight excluding hydrogens is 389 g/mol. The summed E-state index contributed by atoms with van der Waals surface area (Å²) in [6.45, 7) is 10.2. The smallest absolute Gasteiger partial charge is 0.191 e. The van der Waals surface area contributed by atoms with Crippen LogP contribution in [-0.2, 0) is 6.54 Å². The van der Waals surface area contributed by atoms with Gasteiger partial charge in [0.25, 0.3) is 0 Å². The molecule has 4 nitrogen and oxygen atoms in total. The lowest BCUT2D eigenvalue weighted by molar-refractivity contribution is 0.475. The van der Waals surface area contributed by atoms with Crippen LogP contribution in [0.15, 0.2) is 29.3 Å². The zero-order valence-electron chi connectivity index (χ0n) is 14.1. The minimum Gasteiger partial charge on any atom is -0.508 e. The van der Waals surface area contributed by atoms with Gasteiger partial charge in [0, 0.05) is 12.6 Å². The lowest BCUT2D eigenvalue weighted by atomic mass is 10.0. The van der Waals surface area contributed by atoms with E-state index in [0.29, 0.717) is 12.6 Å². The van der Waals surface area contributed by atoms with Crippen molar-refractivity contribution in [2.75, 3.05) is 6.54 Å². The van der Waals surface area contributed by atoms with Crippen LogP contribution in [0.5, 0.6) is 5.75 Å². The van der Waals surface area contributed by atoms with E-state index < -0.39 is 0 Å². The first kappa shape index (κ1) is 21.0. The Hall–Kier alpha value is -0.980. The summed E-state index contributed by atoms with van der Waals surface area (Å²) in [6.07, 6.45) is 2.35. The van der Waals surface area contributed by atoms with Gasteiger partial charge in [-0.3, -0.25) is 0 Å². The third-order valence-electron chi connectivity index (χ3n) is 3.26. The van der Waals surface area contributed by atoms with Crippen LogP contribution in [-0.4, -0.2) is 23.7 Å². The molecule has 0 spiro atoms. The summed E-state index contributed by atoms with van der Waals surface area (Å²) >= 11 is 0. The summed E-state index contributed by atoms with van der Waals surface area (Å²) < 4.78 is 0. The van der Waals surface area contributed by atoms with E-state index in [2.05, 4.69) is 43.3 Å². The Kier molecular flexibility index (Phi) is 11.1. The largest absolute Gasteiger partial charge is 0.508 e. The Bertz CT molecular complexity index is 432. The number of phenols is 1. The lowest BCUT2D eigenvalue weighted by Gasteiger charge is -2.18. The van der Waals surface area contributed by atoms with E-state index in [1.807, 2.05) is 12.1 Å². The van der Waals surface area contributed by atoms with Crippen LogP contribution in [0.4, 0.5) is 0 Å². The Labute approximate surface area is 151 Å². The third kappa shape index (κ3) is 9.12. The fourth-order valence-corrected chi connectivity index (χ4v) is 1.98. The Morgan fingerprint density at radius 3 is 2.32 bits per heavy atom. The third-order valence-corrected chi connectivity index (χ3v) is 3.26. The minimum absolute atomic E-state index is 0. The molecule has 0 aliphatic carbocycles. The number of guanidine groups is 1. The average Bonchev–Trinajstić information content (AvgIpc) is 2.44. The standard InChI is InChI=1S/C17H29N3O.HI/c1-5-18-17(20-14(4)7-6-13(2)3)19-12-15-8-10-16(21)11-9-15;/h8-11,13-14,21H,5-7,12H2,1-4H3,(H2,18,19,20);1H. The summed E-state index contributed by atoms with van der Waals surface area (Å²) in [6, 6.07) is 7.58. The lowest BCUT2D eigenvalue weighted by Crippen LogP contribution is -2.42. The predicted octanol–water partition coefficient (Wildman–Crippen LogP) is 3.89. The number of hydrogen-bond acceptors (Lipinski definition) is 2. The van der Waals surface area contributed by atoms with E-state index in [1.54, 1.807) is 12.1 Å². The van der Waals surface area contributed by atoms with Gasteiger partial charge in [-0.25, -0.2) is 4.99 Å². The van der Waals surface area contributed by atoms with E-state index in [1.165, 1.54) is 6.42 Å². The summed E-state index contributed by atoms with van der Waals surface area (Å²) in [5.74, 6) is 1.86. The van der Waals surface area contributed by atoms with Gasteiger partial charge in [-0.2, -0.15) is 0 Å². The SMILES string of the molecule is CCNC(=NCc1ccc(O)cc1)NC(C)CCC(C)C.I. The maximum Gasteiger partial charge on any atom is 0.191 e. The fourth-order valence-electron chi connectivity index (χ4n) is 1.98. The van der Waals surface area contributed by atoms with Gasteiger partial charge < -0.3 is 15.7 Å². The highest BCUT2D eigenvalue weighted by Crippen LogP contribution is 2.10. The zero-order valence-corrected chi connectivity index (χ0v) is 16.4. The first-order valence-electron chi connectivity index (χ1n) is 7.84. The van der Waals surface area contributed by atoms with Gasteiger partial charge >= 0.3 is 0 Å². The molecule has 1 atom stereocenters. The van der Waals surface area contributed by atoms with Crippen molar-refractivity contribution in [2.24, 2.45) is 10.9 Å². The number of rotatable bonds is 7. The molecule has 0 aliphatic heterocycles. The molecule has 0 saturated heterocycles. The van der Waals surface area contributed by atoms with Crippen molar-refractivity contribution in [2.45, 2.75) is 53.1 Å². The van der Waals surface area contributed by atoms with Crippen molar-refractivity contribution < 1.29 is 5.11 Å². The van der Waals surface area contributed by atoms with Crippen LogP contribution < -0.4 is 10.6 Å². The zero-order chi connectivity index (χ0) is 15.7. The molecule has 0 fully saturated rings. The second-order valence-corrected chi connectivity index (χ2v) is 5.88. The highest BCUT2D eigenvalue weighted by molar-refractivity contribution is 14.0. The number of benzene rings is 1.